The molecule has 0 saturated carbocycles. The van der Waals surface area contributed by atoms with E-state index in [0.717, 1.165) is 11.9 Å². The molecule has 0 fully saturated rings. The lowest BCUT2D eigenvalue weighted by Gasteiger charge is -1.99. The fraction of sp³-hybridized carbons (Fsp3) is 0.118. The molecule has 0 atom stereocenters. The Hall–Kier alpha value is -3.15. The van der Waals surface area contributed by atoms with Crippen molar-refractivity contribution in [2.45, 2.75) is 6.42 Å². The average molecular weight is 309 g/mol. The molecule has 1 heterocycles. The van der Waals surface area contributed by atoms with Crippen LogP contribution in [0, 0.1) is 10.1 Å². The molecule has 2 aromatic carbocycles. The monoisotopic (exact) mass is 309 g/mol. The maximum absolute atomic E-state index is 10.8. The summed E-state index contributed by atoms with van der Waals surface area (Å²) in [4.78, 5) is 17.7. The first-order chi connectivity index (χ1) is 11.1. The first-order valence-electron chi connectivity index (χ1n) is 7.17. The molecule has 116 valence electrons. The highest BCUT2D eigenvalue weighted by atomic mass is 16.6. The molecule has 6 nitrogen and oxygen atoms in total. The smallest absolute Gasteiger partial charge is 0.270 e. The van der Waals surface area contributed by atoms with Crippen LogP contribution in [-0.2, 0) is 6.42 Å². The van der Waals surface area contributed by atoms with Crippen molar-refractivity contribution in [3.8, 4) is 5.75 Å². The highest BCUT2D eigenvalue weighted by Crippen LogP contribution is 2.21. The van der Waals surface area contributed by atoms with Crippen molar-refractivity contribution >= 4 is 22.8 Å². The summed E-state index contributed by atoms with van der Waals surface area (Å²) in [5.74, 6) is -0.0218. The molecule has 0 unspecified atom stereocenters. The van der Waals surface area contributed by atoms with Crippen LogP contribution in [0.4, 0.5) is 5.69 Å². The zero-order chi connectivity index (χ0) is 16.2. The Morgan fingerprint density at radius 3 is 2.91 bits per heavy atom. The topological polar surface area (TPSA) is 91.5 Å². The number of aromatic amines is 1. The molecule has 6 heteroatoms. The third-order valence-electron chi connectivity index (χ3n) is 3.64. The van der Waals surface area contributed by atoms with Crippen LogP contribution in [0.2, 0.25) is 0 Å². The van der Waals surface area contributed by atoms with E-state index in [1.807, 2.05) is 24.4 Å². The molecule has 2 N–H and O–H groups in total. The number of nitro groups is 1. The number of aromatic nitrogens is 1. The number of phenols is 1. The minimum Gasteiger partial charge on any atom is -0.507 e. The van der Waals surface area contributed by atoms with Crippen molar-refractivity contribution < 1.29 is 10.0 Å². The number of benzene rings is 2. The molecule has 0 aliphatic carbocycles. The molecule has 0 aliphatic rings. The van der Waals surface area contributed by atoms with E-state index < -0.39 is 4.92 Å². The summed E-state index contributed by atoms with van der Waals surface area (Å²) in [5, 5.41) is 21.6. The Kier molecular flexibility index (Phi) is 4.05. The van der Waals surface area contributed by atoms with Crippen molar-refractivity contribution in [2.24, 2.45) is 4.99 Å². The summed E-state index contributed by atoms with van der Waals surface area (Å²) >= 11 is 0. The van der Waals surface area contributed by atoms with Crippen molar-refractivity contribution in [2.75, 3.05) is 6.54 Å². The van der Waals surface area contributed by atoms with E-state index in [1.165, 1.54) is 35.4 Å². The van der Waals surface area contributed by atoms with E-state index in [1.54, 1.807) is 0 Å². The van der Waals surface area contributed by atoms with Gasteiger partial charge in [-0.15, -0.1) is 0 Å². The Labute approximate surface area is 132 Å². The molecule has 3 aromatic rings. The number of fused-ring (bicyclic) bond motifs is 1. The van der Waals surface area contributed by atoms with Gasteiger partial charge in [-0.05, 0) is 24.1 Å². The van der Waals surface area contributed by atoms with Gasteiger partial charge in [0.15, 0.2) is 0 Å². The third kappa shape index (κ3) is 3.21. The van der Waals surface area contributed by atoms with Crippen molar-refractivity contribution in [1.82, 2.24) is 4.98 Å². The quantitative estimate of drug-likeness (QED) is 0.429. The normalized spacial score (nSPS) is 11.3. The molecular formula is C17H15N3O3. The van der Waals surface area contributed by atoms with Crippen LogP contribution >= 0.6 is 0 Å². The average Bonchev–Trinajstić information content (AvgIpc) is 2.96. The van der Waals surface area contributed by atoms with E-state index in [0.29, 0.717) is 12.1 Å². The second-order valence-electron chi connectivity index (χ2n) is 5.15. The van der Waals surface area contributed by atoms with Gasteiger partial charge in [0, 0.05) is 47.6 Å². The molecule has 0 bridgehead atoms. The maximum atomic E-state index is 10.8. The number of non-ortho nitro benzene ring substituents is 1. The summed E-state index contributed by atoms with van der Waals surface area (Å²) in [7, 11) is 0. The number of nitrogens with zero attached hydrogens (tertiary/aromatic N) is 2. The van der Waals surface area contributed by atoms with Crippen LogP contribution < -0.4 is 0 Å². The van der Waals surface area contributed by atoms with Gasteiger partial charge < -0.3 is 10.1 Å². The molecular weight excluding hydrogens is 294 g/mol. The standard InChI is InChI=1S/C17H15N3O3/c21-17-6-5-14(20(22)23)9-13(17)10-18-8-7-12-11-19-16-4-2-1-3-15(12)16/h1-6,9-11,19,21H,7-8H2. The molecule has 23 heavy (non-hydrogen) atoms. The van der Waals surface area contributed by atoms with Gasteiger partial charge in [0.25, 0.3) is 5.69 Å². The summed E-state index contributed by atoms with van der Waals surface area (Å²) in [6.45, 7) is 0.532. The van der Waals surface area contributed by atoms with E-state index in [-0.39, 0.29) is 11.4 Å². The maximum Gasteiger partial charge on any atom is 0.270 e. The van der Waals surface area contributed by atoms with Gasteiger partial charge >= 0.3 is 0 Å². The van der Waals surface area contributed by atoms with Crippen molar-refractivity contribution in [3.63, 3.8) is 0 Å². The lowest BCUT2D eigenvalue weighted by Crippen LogP contribution is -1.92. The van der Waals surface area contributed by atoms with Gasteiger partial charge in [-0.1, -0.05) is 18.2 Å². The minimum atomic E-state index is -0.497. The van der Waals surface area contributed by atoms with Crippen molar-refractivity contribution in [3.05, 3.63) is 69.9 Å². The number of phenolic OH excluding ortho intramolecular Hbond substituents is 1. The zero-order valence-corrected chi connectivity index (χ0v) is 12.3. The SMILES string of the molecule is O=[N+]([O-])c1ccc(O)c(C=NCCc2c[nH]c3ccccc23)c1. The minimum absolute atomic E-state index is 0.0218. The Morgan fingerprint density at radius 2 is 2.09 bits per heavy atom. The number of nitro benzene ring substituents is 1. The number of hydrogen-bond donors (Lipinski definition) is 2. The number of nitrogens with one attached hydrogen (secondary N) is 1. The second kappa shape index (κ2) is 6.31. The molecule has 1 aromatic heterocycles. The van der Waals surface area contributed by atoms with E-state index in [2.05, 4.69) is 16.0 Å². The van der Waals surface area contributed by atoms with E-state index in [9.17, 15) is 15.2 Å². The fourth-order valence-corrected chi connectivity index (χ4v) is 2.45. The van der Waals surface area contributed by atoms with Crippen LogP contribution in [-0.4, -0.2) is 27.8 Å². The predicted octanol–water partition coefficient (Wildman–Crippen LogP) is 3.44. The van der Waals surface area contributed by atoms with E-state index >= 15 is 0 Å². The molecule has 0 saturated heterocycles. The van der Waals surface area contributed by atoms with Crippen LogP contribution in [0.15, 0.2) is 53.7 Å². The lowest BCUT2D eigenvalue weighted by atomic mass is 10.1. The van der Waals surface area contributed by atoms with Crippen molar-refractivity contribution in [1.29, 1.82) is 0 Å². The highest BCUT2D eigenvalue weighted by molar-refractivity contribution is 5.85. The lowest BCUT2D eigenvalue weighted by molar-refractivity contribution is -0.384. The first kappa shape index (κ1) is 14.8. The summed E-state index contributed by atoms with van der Waals surface area (Å²) in [6.07, 6.45) is 4.18. The van der Waals surface area contributed by atoms with Gasteiger partial charge in [-0.25, -0.2) is 0 Å². The van der Waals surface area contributed by atoms with Crippen LogP contribution in [0.3, 0.4) is 0 Å². The summed E-state index contributed by atoms with van der Waals surface area (Å²) < 4.78 is 0. The zero-order valence-electron chi connectivity index (χ0n) is 12.3. The van der Waals surface area contributed by atoms with Gasteiger partial charge in [0.2, 0.25) is 0 Å². The second-order valence-corrected chi connectivity index (χ2v) is 5.15. The summed E-state index contributed by atoms with van der Waals surface area (Å²) in [5.41, 5.74) is 2.53. The number of aromatic hydroxyl groups is 1. The fourth-order valence-electron chi connectivity index (χ4n) is 2.45. The third-order valence-corrected chi connectivity index (χ3v) is 3.64. The number of hydrogen-bond acceptors (Lipinski definition) is 4. The molecule has 0 amide bonds. The largest absolute Gasteiger partial charge is 0.507 e. The van der Waals surface area contributed by atoms with E-state index in [4.69, 9.17) is 0 Å². The van der Waals surface area contributed by atoms with Gasteiger partial charge in [0.1, 0.15) is 5.75 Å². The number of aliphatic imine (C=N–C) groups is 1. The number of H-pyrrole nitrogens is 1. The molecule has 3 rings (SSSR count). The molecule has 0 aliphatic heterocycles. The van der Waals surface area contributed by atoms with Crippen LogP contribution in [0.5, 0.6) is 5.75 Å². The highest BCUT2D eigenvalue weighted by Gasteiger charge is 2.08. The Bertz CT molecular complexity index is 884. The van der Waals surface area contributed by atoms with Crippen LogP contribution in [0.1, 0.15) is 11.1 Å². The summed E-state index contributed by atoms with van der Waals surface area (Å²) in [6, 6.07) is 11.9. The Morgan fingerprint density at radius 1 is 1.26 bits per heavy atom. The predicted molar refractivity (Wildman–Crippen MR) is 89.2 cm³/mol. The van der Waals surface area contributed by atoms with Gasteiger partial charge in [-0.2, -0.15) is 0 Å². The van der Waals surface area contributed by atoms with Gasteiger partial charge in [0.05, 0.1) is 4.92 Å². The molecule has 0 radical (unpaired) electrons. The molecule has 0 spiro atoms. The van der Waals surface area contributed by atoms with Gasteiger partial charge in [-0.3, -0.25) is 15.1 Å². The van der Waals surface area contributed by atoms with Crippen LogP contribution in [0.25, 0.3) is 10.9 Å². The first-order valence-corrected chi connectivity index (χ1v) is 7.17. The Balaban J connectivity index is 1.70. The number of rotatable bonds is 5. The number of para-hydroxylation sites is 1.